The summed E-state index contributed by atoms with van der Waals surface area (Å²) in [7, 11) is 1.24. The minimum Gasteiger partial charge on any atom is -0.468 e. The van der Waals surface area contributed by atoms with Gasteiger partial charge in [0.25, 0.3) is 0 Å². The molecule has 0 saturated heterocycles. The van der Waals surface area contributed by atoms with Crippen molar-refractivity contribution in [2.24, 2.45) is 0 Å². The second-order valence-corrected chi connectivity index (χ2v) is 10.4. The fourth-order valence-corrected chi connectivity index (χ4v) is 4.16. The van der Waals surface area contributed by atoms with Gasteiger partial charge in [-0.05, 0) is 63.3 Å². The Labute approximate surface area is 231 Å². The third kappa shape index (κ3) is 9.42. The van der Waals surface area contributed by atoms with Gasteiger partial charge >= 0.3 is 12.1 Å². The molecule has 0 aliphatic rings. The van der Waals surface area contributed by atoms with Gasteiger partial charge in [-0.25, -0.2) is 4.79 Å². The monoisotopic (exact) mass is 539 g/mol. The third-order valence-corrected chi connectivity index (χ3v) is 6.16. The van der Waals surface area contributed by atoms with E-state index in [2.05, 4.69) is 15.4 Å². The van der Waals surface area contributed by atoms with Crippen LogP contribution in [0.25, 0.3) is 0 Å². The number of benzene rings is 2. The predicted octanol–water partition coefficient (Wildman–Crippen LogP) is 4.01. The van der Waals surface area contributed by atoms with E-state index < -0.39 is 41.6 Å². The van der Waals surface area contributed by atoms with Crippen molar-refractivity contribution in [3.63, 3.8) is 0 Å². The van der Waals surface area contributed by atoms with Crippen LogP contribution in [0.1, 0.15) is 62.4 Å². The van der Waals surface area contributed by atoms with E-state index in [-0.39, 0.29) is 19.5 Å². The first kappa shape index (κ1) is 31.3. The molecule has 0 aromatic heterocycles. The normalized spacial score (nSPS) is 12.6. The van der Waals surface area contributed by atoms with E-state index in [1.165, 1.54) is 12.0 Å². The molecule has 2 N–H and O–H groups in total. The summed E-state index contributed by atoms with van der Waals surface area (Å²) in [4.78, 5) is 53.9. The summed E-state index contributed by atoms with van der Waals surface area (Å²) in [5.41, 5.74) is 2.51. The molecule has 0 bridgehead atoms. The maximum atomic E-state index is 14.2. The van der Waals surface area contributed by atoms with Crippen molar-refractivity contribution in [3.05, 3.63) is 70.8 Å². The highest BCUT2D eigenvalue weighted by molar-refractivity contribution is 5.93. The lowest BCUT2D eigenvalue weighted by atomic mass is 9.94. The number of esters is 1. The zero-order valence-corrected chi connectivity index (χ0v) is 24.0. The number of carbonyl (C=O) groups excluding carboxylic acids is 4. The lowest BCUT2D eigenvalue weighted by Gasteiger charge is -2.35. The van der Waals surface area contributed by atoms with Gasteiger partial charge in [0.1, 0.15) is 24.2 Å². The van der Waals surface area contributed by atoms with E-state index >= 15 is 0 Å². The Morgan fingerprint density at radius 2 is 1.64 bits per heavy atom. The van der Waals surface area contributed by atoms with Gasteiger partial charge in [-0.1, -0.05) is 55.5 Å². The summed E-state index contributed by atoms with van der Waals surface area (Å²) in [5, 5.41) is 5.35. The minimum atomic E-state index is -1.04. The minimum absolute atomic E-state index is 0.197. The summed E-state index contributed by atoms with van der Waals surface area (Å²) >= 11 is 0. The van der Waals surface area contributed by atoms with Gasteiger partial charge in [0.15, 0.2) is 0 Å². The number of amides is 3. The van der Waals surface area contributed by atoms with E-state index in [4.69, 9.17) is 4.74 Å². The van der Waals surface area contributed by atoms with E-state index in [1.807, 2.05) is 63.2 Å². The van der Waals surface area contributed by atoms with Gasteiger partial charge in [0.05, 0.1) is 7.11 Å². The Bertz CT molecular complexity index is 1140. The summed E-state index contributed by atoms with van der Waals surface area (Å²) in [5.74, 6) is -1.57. The van der Waals surface area contributed by atoms with Crippen molar-refractivity contribution in [1.29, 1.82) is 0 Å². The van der Waals surface area contributed by atoms with Crippen LogP contribution in [-0.4, -0.2) is 60.6 Å². The predicted molar refractivity (Wildman–Crippen MR) is 149 cm³/mol. The lowest BCUT2D eigenvalue weighted by Crippen LogP contribution is -2.54. The summed E-state index contributed by atoms with van der Waals surface area (Å²) in [6, 6.07) is 12.8. The molecule has 2 atom stereocenters. The van der Waals surface area contributed by atoms with Crippen LogP contribution in [0.3, 0.4) is 0 Å². The average molecular weight is 540 g/mol. The molecule has 0 radical (unpaired) electrons. The molecule has 9 nitrogen and oxygen atoms in total. The molecule has 39 heavy (non-hydrogen) atoms. The second kappa shape index (κ2) is 14.3. The second-order valence-electron chi connectivity index (χ2n) is 10.4. The van der Waals surface area contributed by atoms with Crippen molar-refractivity contribution in [2.45, 2.75) is 72.1 Å². The molecule has 3 amide bonds. The number of carbonyl (C=O) groups is 4. The van der Waals surface area contributed by atoms with Crippen LogP contribution in [0.5, 0.6) is 0 Å². The summed E-state index contributed by atoms with van der Waals surface area (Å²) < 4.78 is 10.1. The largest absolute Gasteiger partial charge is 0.468 e. The summed E-state index contributed by atoms with van der Waals surface area (Å²) in [6.07, 6.45) is 0.0243. The first-order chi connectivity index (χ1) is 18.4. The van der Waals surface area contributed by atoms with Crippen LogP contribution in [0.15, 0.2) is 48.5 Å². The van der Waals surface area contributed by atoms with Crippen LogP contribution >= 0.6 is 0 Å². The maximum Gasteiger partial charge on any atom is 0.408 e. The van der Waals surface area contributed by atoms with Crippen LogP contribution in [-0.2, 0) is 30.3 Å². The first-order valence-electron chi connectivity index (χ1n) is 13.1. The fourth-order valence-electron chi connectivity index (χ4n) is 4.16. The number of hydrogen-bond donors (Lipinski definition) is 2. The Morgan fingerprint density at radius 3 is 2.23 bits per heavy atom. The Kier molecular flexibility index (Phi) is 11.5. The standard InChI is InChI=1S/C30H41N3O6/c1-8-17-33(26(27(35)31-19-25(34)38-7)23-16-12-13-20(2)21(23)3)28(36)24(18-22-14-10-9-11-15-22)32-29(37)39-30(4,5)6/h9-16,24,26H,8,17-19H2,1-7H3,(H,31,35)(H,32,37). The molecule has 2 unspecified atom stereocenters. The first-order valence-corrected chi connectivity index (χ1v) is 13.1. The number of aryl methyl sites for hydroxylation is 1. The molecule has 212 valence electrons. The maximum absolute atomic E-state index is 14.2. The molecule has 2 aromatic rings. The number of nitrogens with one attached hydrogen (secondary N) is 2. The molecule has 0 aliphatic carbocycles. The molecule has 0 spiro atoms. The van der Waals surface area contributed by atoms with Gasteiger partial charge in [0, 0.05) is 13.0 Å². The summed E-state index contributed by atoms with van der Waals surface area (Å²) in [6.45, 7) is 10.8. The fraction of sp³-hybridized carbons (Fsp3) is 0.467. The number of nitrogens with zero attached hydrogens (tertiary/aromatic N) is 1. The quantitative estimate of drug-likeness (QED) is 0.417. The van der Waals surface area contributed by atoms with E-state index in [0.29, 0.717) is 12.0 Å². The van der Waals surface area contributed by atoms with Crippen molar-refractivity contribution < 1.29 is 28.7 Å². The molecule has 2 rings (SSSR count). The van der Waals surface area contributed by atoms with Crippen molar-refractivity contribution in [1.82, 2.24) is 15.5 Å². The van der Waals surface area contributed by atoms with Gasteiger partial charge in [-0.15, -0.1) is 0 Å². The third-order valence-electron chi connectivity index (χ3n) is 6.16. The molecular weight excluding hydrogens is 498 g/mol. The van der Waals surface area contributed by atoms with E-state index in [9.17, 15) is 19.2 Å². The molecule has 2 aromatic carbocycles. The topological polar surface area (TPSA) is 114 Å². The molecule has 0 fully saturated rings. The van der Waals surface area contributed by atoms with E-state index in [0.717, 1.165) is 16.7 Å². The SMILES string of the molecule is CCCN(C(=O)C(Cc1ccccc1)NC(=O)OC(C)(C)C)C(C(=O)NCC(=O)OC)c1cccc(C)c1C. The lowest BCUT2D eigenvalue weighted by molar-refractivity contribution is -0.144. The van der Waals surface area contributed by atoms with Gasteiger partial charge in [-0.2, -0.15) is 0 Å². The van der Waals surface area contributed by atoms with Crippen LogP contribution in [0.4, 0.5) is 4.79 Å². The number of ether oxygens (including phenoxy) is 2. The van der Waals surface area contributed by atoms with Gasteiger partial charge < -0.3 is 25.0 Å². The zero-order chi connectivity index (χ0) is 29.2. The Balaban J connectivity index is 2.55. The smallest absolute Gasteiger partial charge is 0.408 e. The number of alkyl carbamates (subject to hydrolysis) is 1. The number of hydrogen-bond acceptors (Lipinski definition) is 6. The number of rotatable bonds is 11. The highest BCUT2D eigenvalue weighted by atomic mass is 16.6. The van der Waals surface area contributed by atoms with Crippen molar-refractivity contribution in [3.8, 4) is 0 Å². The van der Waals surface area contributed by atoms with Crippen molar-refractivity contribution >= 4 is 23.9 Å². The highest BCUT2D eigenvalue weighted by Crippen LogP contribution is 2.28. The molecule has 0 aliphatic heterocycles. The van der Waals surface area contributed by atoms with E-state index in [1.54, 1.807) is 26.8 Å². The zero-order valence-electron chi connectivity index (χ0n) is 24.0. The molecular formula is C30H41N3O6. The van der Waals surface area contributed by atoms with Gasteiger partial charge in [-0.3, -0.25) is 14.4 Å². The van der Waals surface area contributed by atoms with Crippen molar-refractivity contribution in [2.75, 3.05) is 20.2 Å². The average Bonchev–Trinajstić information content (AvgIpc) is 2.88. The Morgan fingerprint density at radius 1 is 0.974 bits per heavy atom. The van der Waals surface area contributed by atoms with Crippen LogP contribution in [0, 0.1) is 13.8 Å². The van der Waals surface area contributed by atoms with Crippen LogP contribution < -0.4 is 10.6 Å². The molecule has 9 heteroatoms. The molecule has 0 saturated carbocycles. The number of methoxy groups -OCH3 is 1. The highest BCUT2D eigenvalue weighted by Gasteiger charge is 2.37. The molecule has 0 heterocycles. The Hall–Kier alpha value is -3.88. The van der Waals surface area contributed by atoms with Crippen LogP contribution in [0.2, 0.25) is 0 Å². The van der Waals surface area contributed by atoms with Gasteiger partial charge in [0.2, 0.25) is 11.8 Å².